The maximum Gasteiger partial charge on any atom is 0.306 e. The second-order valence-corrected chi connectivity index (χ2v) is 4.79. The molecular formula is C13H18N2O4. The summed E-state index contributed by atoms with van der Waals surface area (Å²) in [6.07, 6.45) is 1.29. The van der Waals surface area contributed by atoms with E-state index in [1.807, 2.05) is 13.0 Å². The molecule has 1 atom stereocenters. The summed E-state index contributed by atoms with van der Waals surface area (Å²) in [6, 6.07) is 3.64. The topological polar surface area (TPSA) is 99.5 Å². The molecule has 104 valence electrons. The number of hydrogen-bond acceptors (Lipinski definition) is 4. The number of aromatic nitrogens is 1. The number of pyridine rings is 1. The van der Waals surface area contributed by atoms with E-state index < -0.39 is 18.0 Å². The van der Waals surface area contributed by atoms with E-state index in [2.05, 4.69) is 10.3 Å². The molecule has 6 heteroatoms. The average molecular weight is 266 g/mol. The highest BCUT2D eigenvalue weighted by atomic mass is 16.4. The Bertz CT molecular complexity index is 471. The van der Waals surface area contributed by atoms with Crippen LogP contribution in [0, 0.1) is 6.92 Å². The predicted octanol–water partition coefficient (Wildman–Crippen LogP) is 0.274. The number of aliphatic hydroxyl groups is 1. The predicted molar refractivity (Wildman–Crippen MR) is 68.6 cm³/mol. The summed E-state index contributed by atoms with van der Waals surface area (Å²) in [5.41, 5.74) is 0.119. The number of carbonyl (C=O) groups is 2. The molecule has 0 aromatic carbocycles. The van der Waals surface area contributed by atoms with Gasteiger partial charge >= 0.3 is 5.97 Å². The highest BCUT2D eigenvalue weighted by molar-refractivity contribution is 5.78. The SMILES string of the molecule is Cc1cccnc1CC(=O)NCC(C)(O)CC(=O)O. The Hall–Kier alpha value is -1.95. The lowest BCUT2D eigenvalue weighted by atomic mass is 10.0. The van der Waals surface area contributed by atoms with Crippen LogP contribution in [-0.4, -0.2) is 39.2 Å². The molecule has 0 spiro atoms. The second-order valence-electron chi connectivity index (χ2n) is 4.79. The zero-order chi connectivity index (χ0) is 14.5. The Kier molecular flexibility index (Phi) is 5.00. The Labute approximate surface area is 111 Å². The standard InChI is InChI=1S/C13H18N2O4/c1-9-4-3-5-14-10(9)6-11(16)15-8-13(2,19)7-12(17)18/h3-5,19H,6-8H2,1-2H3,(H,15,16)(H,17,18). The lowest BCUT2D eigenvalue weighted by Crippen LogP contribution is -2.42. The van der Waals surface area contributed by atoms with Crippen molar-refractivity contribution in [3.05, 3.63) is 29.6 Å². The van der Waals surface area contributed by atoms with Crippen molar-refractivity contribution in [2.24, 2.45) is 0 Å². The number of rotatable bonds is 6. The van der Waals surface area contributed by atoms with Crippen molar-refractivity contribution in [3.63, 3.8) is 0 Å². The zero-order valence-electron chi connectivity index (χ0n) is 11.0. The summed E-state index contributed by atoms with van der Waals surface area (Å²) in [7, 11) is 0. The molecule has 19 heavy (non-hydrogen) atoms. The molecule has 1 aromatic rings. The summed E-state index contributed by atoms with van der Waals surface area (Å²) >= 11 is 0. The Balaban J connectivity index is 2.49. The Morgan fingerprint density at radius 1 is 1.47 bits per heavy atom. The lowest BCUT2D eigenvalue weighted by molar-refractivity contribution is -0.142. The molecule has 0 bridgehead atoms. The molecule has 0 aliphatic heterocycles. The number of carboxylic acids is 1. The van der Waals surface area contributed by atoms with Crippen molar-refractivity contribution in [1.82, 2.24) is 10.3 Å². The molecule has 0 fully saturated rings. The molecule has 1 aromatic heterocycles. The number of nitrogens with zero attached hydrogens (tertiary/aromatic N) is 1. The maximum absolute atomic E-state index is 11.7. The van der Waals surface area contributed by atoms with Crippen LogP contribution in [0.5, 0.6) is 0 Å². The monoisotopic (exact) mass is 266 g/mol. The molecule has 1 heterocycles. The van der Waals surface area contributed by atoms with Crippen LogP contribution in [0.15, 0.2) is 18.3 Å². The molecule has 0 aliphatic rings. The normalized spacial score (nSPS) is 13.6. The van der Waals surface area contributed by atoms with E-state index in [1.165, 1.54) is 6.92 Å². The van der Waals surface area contributed by atoms with Crippen LogP contribution in [0.3, 0.4) is 0 Å². The van der Waals surface area contributed by atoms with Gasteiger partial charge in [-0.05, 0) is 25.5 Å². The van der Waals surface area contributed by atoms with Crippen molar-refractivity contribution in [1.29, 1.82) is 0 Å². The van der Waals surface area contributed by atoms with E-state index in [0.717, 1.165) is 5.56 Å². The minimum absolute atomic E-state index is 0.107. The molecule has 0 aliphatic carbocycles. The van der Waals surface area contributed by atoms with Crippen LogP contribution >= 0.6 is 0 Å². The van der Waals surface area contributed by atoms with E-state index in [4.69, 9.17) is 5.11 Å². The van der Waals surface area contributed by atoms with Crippen molar-refractivity contribution in [2.45, 2.75) is 32.3 Å². The number of nitrogens with one attached hydrogen (secondary N) is 1. The lowest BCUT2D eigenvalue weighted by Gasteiger charge is -2.21. The van der Waals surface area contributed by atoms with Crippen molar-refractivity contribution in [3.8, 4) is 0 Å². The van der Waals surface area contributed by atoms with Gasteiger partial charge in [-0.2, -0.15) is 0 Å². The quantitative estimate of drug-likeness (QED) is 0.686. The van der Waals surface area contributed by atoms with Gasteiger partial charge in [0.15, 0.2) is 0 Å². The third kappa shape index (κ3) is 5.48. The van der Waals surface area contributed by atoms with Crippen LogP contribution in [0.2, 0.25) is 0 Å². The molecule has 0 radical (unpaired) electrons. The number of carbonyl (C=O) groups excluding carboxylic acids is 1. The van der Waals surface area contributed by atoms with Crippen LogP contribution in [-0.2, 0) is 16.0 Å². The number of carboxylic acid groups (broad SMARTS) is 1. The molecule has 0 saturated heterocycles. The van der Waals surface area contributed by atoms with Gasteiger partial charge in [-0.3, -0.25) is 14.6 Å². The first-order valence-electron chi connectivity index (χ1n) is 5.91. The fourth-order valence-electron chi connectivity index (χ4n) is 1.60. The van der Waals surface area contributed by atoms with Crippen molar-refractivity contribution < 1.29 is 19.8 Å². The minimum Gasteiger partial charge on any atom is -0.481 e. The highest BCUT2D eigenvalue weighted by Gasteiger charge is 2.24. The third-order valence-electron chi connectivity index (χ3n) is 2.64. The molecule has 1 rings (SSSR count). The summed E-state index contributed by atoms with van der Waals surface area (Å²) in [6.45, 7) is 3.12. The van der Waals surface area contributed by atoms with Gasteiger partial charge in [-0.15, -0.1) is 0 Å². The fraction of sp³-hybridized carbons (Fsp3) is 0.462. The first-order valence-corrected chi connectivity index (χ1v) is 5.91. The van der Waals surface area contributed by atoms with Gasteiger partial charge in [-0.25, -0.2) is 0 Å². The smallest absolute Gasteiger partial charge is 0.306 e. The van der Waals surface area contributed by atoms with Crippen LogP contribution in [0.1, 0.15) is 24.6 Å². The first kappa shape index (κ1) is 15.1. The Morgan fingerprint density at radius 3 is 2.74 bits per heavy atom. The molecule has 1 amide bonds. The number of aliphatic carboxylic acids is 1. The largest absolute Gasteiger partial charge is 0.481 e. The third-order valence-corrected chi connectivity index (χ3v) is 2.64. The molecule has 3 N–H and O–H groups in total. The van der Waals surface area contributed by atoms with Crippen LogP contribution in [0.4, 0.5) is 0 Å². The molecular weight excluding hydrogens is 248 g/mol. The number of hydrogen-bond donors (Lipinski definition) is 3. The van der Waals surface area contributed by atoms with Gasteiger partial charge in [0, 0.05) is 12.7 Å². The van der Waals surface area contributed by atoms with E-state index in [0.29, 0.717) is 5.69 Å². The molecule has 1 unspecified atom stereocenters. The molecule has 0 saturated carbocycles. The van der Waals surface area contributed by atoms with Crippen molar-refractivity contribution in [2.75, 3.05) is 6.54 Å². The summed E-state index contributed by atoms with van der Waals surface area (Å²) in [5.74, 6) is -1.41. The zero-order valence-corrected chi connectivity index (χ0v) is 11.0. The van der Waals surface area contributed by atoms with Gasteiger partial charge in [0.1, 0.15) is 0 Å². The van der Waals surface area contributed by atoms with Gasteiger partial charge in [-0.1, -0.05) is 6.07 Å². The van der Waals surface area contributed by atoms with Crippen molar-refractivity contribution >= 4 is 11.9 Å². The Morgan fingerprint density at radius 2 is 2.16 bits per heavy atom. The average Bonchev–Trinajstić information content (AvgIpc) is 2.28. The highest BCUT2D eigenvalue weighted by Crippen LogP contribution is 2.08. The van der Waals surface area contributed by atoms with Gasteiger partial charge in [0.2, 0.25) is 5.91 Å². The summed E-state index contributed by atoms with van der Waals surface area (Å²) < 4.78 is 0. The van der Waals surface area contributed by atoms with Gasteiger partial charge in [0.05, 0.1) is 24.1 Å². The fourth-order valence-corrected chi connectivity index (χ4v) is 1.60. The van der Waals surface area contributed by atoms with E-state index in [-0.39, 0.29) is 18.9 Å². The van der Waals surface area contributed by atoms with E-state index in [9.17, 15) is 14.7 Å². The van der Waals surface area contributed by atoms with Crippen LogP contribution in [0.25, 0.3) is 0 Å². The number of amides is 1. The molecule has 6 nitrogen and oxygen atoms in total. The van der Waals surface area contributed by atoms with Crippen LogP contribution < -0.4 is 5.32 Å². The van der Waals surface area contributed by atoms with E-state index >= 15 is 0 Å². The summed E-state index contributed by atoms with van der Waals surface area (Å²) in [5, 5.41) is 20.9. The van der Waals surface area contributed by atoms with Gasteiger partial charge < -0.3 is 15.5 Å². The summed E-state index contributed by atoms with van der Waals surface area (Å²) in [4.78, 5) is 26.3. The van der Waals surface area contributed by atoms with Gasteiger partial charge in [0.25, 0.3) is 0 Å². The first-order chi connectivity index (χ1) is 8.80. The maximum atomic E-state index is 11.7. The van der Waals surface area contributed by atoms with E-state index in [1.54, 1.807) is 12.3 Å². The minimum atomic E-state index is -1.46. The number of aryl methyl sites for hydroxylation is 1. The second kappa shape index (κ2) is 6.29.